The molecule has 0 saturated carbocycles. The third-order valence-electron chi connectivity index (χ3n) is 3.26. The predicted molar refractivity (Wildman–Crippen MR) is 76.7 cm³/mol. The lowest BCUT2D eigenvalue weighted by Crippen LogP contribution is -2.24. The molecule has 0 bridgehead atoms. The lowest BCUT2D eigenvalue weighted by molar-refractivity contribution is 0.0944. The van der Waals surface area contributed by atoms with Crippen LogP contribution < -0.4 is 14.8 Å². The maximum Gasteiger partial charge on any atom is 0.259 e. The Morgan fingerprint density at radius 3 is 2.33 bits per heavy atom. The van der Waals surface area contributed by atoms with E-state index in [0.29, 0.717) is 29.4 Å². The van der Waals surface area contributed by atoms with E-state index in [-0.39, 0.29) is 5.91 Å². The molecule has 0 fully saturated rings. The minimum Gasteiger partial charge on any atom is -0.496 e. The van der Waals surface area contributed by atoms with E-state index in [9.17, 15) is 4.79 Å². The number of rotatable bonds is 5. The van der Waals surface area contributed by atoms with Crippen LogP contribution in [0, 0.1) is 13.8 Å². The molecule has 21 heavy (non-hydrogen) atoms. The Morgan fingerprint density at radius 1 is 1.24 bits per heavy atom. The topological polar surface area (TPSA) is 73.6 Å². The van der Waals surface area contributed by atoms with Crippen molar-refractivity contribution in [2.45, 2.75) is 20.4 Å². The zero-order valence-electron chi connectivity index (χ0n) is 12.5. The molecule has 0 saturated heterocycles. The Kier molecular flexibility index (Phi) is 4.47. The van der Waals surface area contributed by atoms with E-state index in [0.717, 1.165) is 11.3 Å². The van der Waals surface area contributed by atoms with Gasteiger partial charge in [0.05, 0.1) is 19.9 Å². The number of hydrogen-bond acceptors (Lipinski definition) is 5. The summed E-state index contributed by atoms with van der Waals surface area (Å²) < 4.78 is 15.5. The highest BCUT2D eigenvalue weighted by Crippen LogP contribution is 2.28. The highest BCUT2D eigenvalue weighted by Gasteiger charge is 2.19. The number of amides is 1. The Bertz CT molecular complexity index is 607. The maximum atomic E-state index is 12.4. The minimum absolute atomic E-state index is 0.274. The van der Waals surface area contributed by atoms with Crippen molar-refractivity contribution in [2.75, 3.05) is 14.2 Å². The summed E-state index contributed by atoms with van der Waals surface area (Å²) in [4.78, 5) is 12.4. The van der Waals surface area contributed by atoms with Crippen molar-refractivity contribution in [2.24, 2.45) is 0 Å². The van der Waals surface area contributed by atoms with E-state index in [2.05, 4.69) is 10.5 Å². The standard InChI is InChI=1S/C15H18N2O4/c1-9-11(10(2)21-17-9)8-16-15(18)14-12(19-3)6-5-7-13(14)20-4/h5-7H,8H2,1-4H3,(H,16,18). The van der Waals surface area contributed by atoms with Crippen LogP contribution >= 0.6 is 0 Å². The lowest BCUT2D eigenvalue weighted by atomic mass is 10.1. The van der Waals surface area contributed by atoms with Crippen LogP contribution in [0.4, 0.5) is 0 Å². The molecule has 112 valence electrons. The summed E-state index contributed by atoms with van der Waals surface area (Å²) in [6, 6.07) is 5.20. The van der Waals surface area contributed by atoms with Gasteiger partial charge in [-0.3, -0.25) is 4.79 Å². The fourth-order valence-electron chi connectivity index (χ4n) is 2.09. The highest BCUT2D eigenvalue weighted by molar-refractivity contribution is 5.99. The maximum absolute atomic E-state index is 12.4. The Hall–Kier alpha value is -2.50. The SMILES string of the molecule is COc1cccc(OC)c1C(=O)NCc1c(C)noc1C. The number of benzene rings is 1. The van der Waals surface area contributed by atoms with Gasteiger partial charge in [-0.1, -0.05) is 11.2 Å². The Labute approximate surface area is 123 Å². The molecule has 1 heterocycles. The number of hydrogen-bond donors (Lipinski definition) is 1. The summed E-state index contributed by atoms with van der Waals surface area (Å²) in [7, 11) is 3.03. The molecule has 6 heteroatoms. The van der Waals surface area contributed by atoms with E-state index >= 15 is 0 Å². The molecule has 0 aliphatic carbocycles. The molecule has 1 aromatic heterocycles. The first-order chi connectivity index (χ1) is 10.1. The normalized spacial score (nSPS) is 10.3. The summed E-state index contributed by atoms with van der Waals surface area (Å²) in [5, 5.41) is 6.69. The molecule has 0 radical (unpaired) electrons. The Morgan fingerprint density at radius 2 is 1.86 bits per heavy atom. The molecule has 1 N–H and O–H groups in total. The quantitative estimate of drug-likeness (QED) is 0.914. The van der Waals surface area contributed by atoms with Gasteiger partial charge in [-0.15, -0.1) is 0 Å². The van der Waals surface area contributed by atoms with Crippen molar-refractivity contribution >= 4 is 5.91 Å². The van der Waals surface area contributed by atoms with Gasteiger partial charge in [0.15, 0.2) is 0 Å². The summed E-state index contributed by atoms with van der Waals surface area (Å²) in [5.74, 6) is 1.35. The van der Waals surface area contributed by atoms with E-state index in [1.54, 1.807) is 18.2 Å². The van der Waals surface area contributed by atoms with Crippen LogP contribution in [0.25, 0.3) is 0 Å². The van der Waals surface area contributed by atoms with Crippen molar-refractivity contribution < 1.29 is 18.8 Å². The molecule has 0 spiro atoms. The second-order valence-corrected chi connectivity index (χ2v) is 4.52. The van der Waals surface area contributed by atoms with E-state index < -0.39 is 0 Å². The second-order valence-electron chi connectivity index (χ2n) is 4.52. The van der Waals surface area contributed by atoms with Gasteiger partial charge in [0.1, 0.15) is 22.8 Å². The number of aryl methyl sites for hydroxylation is 2. The number of methoxy groups -OCH3 is 2. The molecule has 0 unspecified atom stereocenters. The van der Waals surface area contributed by atoms with Gasteiger partial charge < -0.3 is 19.3 Å². The predicted octanol–water partition coefficient (Wildman–Crippen LogP) is 2.24. The van der Waals surface area contributed by atoms with Crippen molar-refractivity contribution in [1.82, 2.24) is 10.5 Å². The minimum atomic E-state index is -0.274. The van der Waals surface area contributed by atoms with Gasteiger partial charge in [0.25, 0.3) is 5.91 Å². The monoisotopic (exact) mass is 290 g/mol. The van der Waals surface area contributed by atoms with Gasteiger partial charge in [-0.25, -0.2) is 0 Å². The number of carbonyl (C=O) groups excluding carboxylic acids is 1. The summed E-state index contributed by atoms with van der Waals surface area (Å²) in [6.07, 6.45) is 0. The molecule has 1 aromatic carbocycles. The van der Waals surface area contributed by atoms with Crippen molar-refractivity contribution in [1.29, 1.82) is 0 Å². The summed E-state index contributed by atoms with van der Waals surface area (Å²) >= 11 is 0. The van der Waals surface area contributed by atoms with Gasteiger partial charge >= 0.3 is 0 Å². The zero-order chi connectivity index (χ0) is 15.4. The third kappa shape index (κ3) is 2.99. The van der Waals surface area contributed by atoms with Crippen LogP contribution in [0.1, 0.15) is 27.4 Å². The lowest BCUT2D eigenvalue weighted by Gasteiger charge is -2.12. The number of nitrogens with one attached hydrogen (secondary N) is 1. The molecule has 2 rings (SSSR count). The van der Waals surface area contributed by atoms with Crippen molar-refractivity contribution in [3.05, 3.63) is 40.8 Å². The first-order valence-corrected chi connectivity index (χ1v) is 6.49. The largest absolute Gasteiger partial charge is 0.496 e. The molecule has 2 aromatic rings. The number of aromatic nitrogens is 1. The van der Waals surface area contributed by atoms with Gasteiger partial charge in [-0.05, 0) is 26.0 Å². The summed E-state index contributed by atoms with van der Waals surface area (Å²) in [5.41, 5.74) is 2.01. The van der Waals surface area contributed by atoms with Crippen LogP contribution in [0.5, 0.6) is 11.5 Å². The fraction of sp³-hybridized carbons (Fsp3) is 0.333. The van der Waals surface area contributed by atoms with Crippen LogP contribution in [-0.2, 0) is 6.54 Å². The van der Waals surface area contributed by atoms with Crippen LogP contribution in [-0.4, -0.2) is 25.3 Å². The molecule has 0 atom stereocenters. The summed E-state index contributed by atoms with van der Waals surface area (Å²) in [6.45, 7) is 3.98. The van der Waals surface area contributed by atoms with Gasteiger partial charge in [0, 0.05) is 12.1 Å². The molecular weight excluding hydrogens is 272 g/mol. The van der Waals surface area contributed by atoms with Crippen LogP contribution in [0.2, 0.25) is 0 Å². The van der Waals surface area contributed by atoms with Crippen LogP contribution in [0.15, 0.2) is 22.7 Å². The van der Waals surface area contributed by atoms with E-state index in [1.165, 1.54) is 14.2 Å². The molecule has 0 aliphatic rings. The Balaban J connectivity index is 2.21. The van der Waals surface area contributed by atoms with Crippen LogP contribution in [0.3, 0.4) is 0 Å². The van der Waals surface area contributed by atoms with Crippen molar-refractivity contribution in [3.63, 3.8) is 0 Å². The molecular formula is C15H18N2O4. The number of carbonyl (C=O) groups is 1. The van der Waals surface area contributed by atoms with Crippen molar-refractivity contribution in [3.8, 4) is 11.5 Å². The second kappa shape index (κ2) is 6.30. The fourth-order valence-corrected chi connectivity index (χ4v) is 2.09. The average molecular weight is 290 g/mol. The third-order valence-corrected chi connectivity index (χ3v) is 3.26. The highest BCUT2D eigenvalue weighted by atomic mass is 16.5. The number of nitrogens with zero attached hydrogens (tertiary/aromatic N) is 1. The van der Waals surface area contributed by atoms with E-state index in [1.807, 2.05) is 13.8 Å². The molecule has 1 amide bonds. The zero-order valence-corrected chi connectivity index (χ0v) is 12.5. The number of ether oxygens (including phenoxy) is 2. The average Bonchev–Trinajstić information content (AvgIpc) is 2.82. The van der Waals surface area contributed by atoms with Gasteiger partial charge in [0.2, 0.25) is 0 Å². The first-order valence-electron chi connectivity index (χ1n) is 6.49. The van der Waals surface area contributed by atoms with E-state index in [4.69, 9.17) is 14.0 Å². The molecule has 6 nitrogen and oxygen atoms in total. The first kappa shape index (κ1) is 14.9. The smallest absolute Gasteiger partial charge is 0.259 e. The molecule has 0 aliphatic heterocycles. The van der Waals surface area contributed by atoms with Gasteiger partial charge in [-0.2, -0.15) is 0 Å².